The minimum atomic E-state index is 0.353. The van der Waals surface area contributed by atoms with Crippen molar-refractivity contribution < 1.29 is 9.21 Å². The Morgan fingerprint density at radius 1 is 1.59 bits per heavy atom. The Balaban J connectivity index is 1.95. The standard InChI is InChI=1S/C13H20N2O2/c1-2-15-7-4-3-5-12(15)9-13-14-11(6-8-16)10-17-13/h8,10,12H,2-7,9H2,1H3. The van der Waals surface area contributed by atoms with Crippen LogP contribution in [-0.4, -0.2) is 35.3 Å². The van der Waals surface area contributed by atoms with Crippen LogP contribution in [0.1, 0.15) is 37.8 Å². The summed E-state index contributed by atoms with van der Waals surface area (Å²) >= 11 is 0. The lowest BCUT2D eigenvalue weighted by Gasteiger charge is -2.34. The van der Waals surface area contributed by atoms with Crippen LogP contribution in [0.3, 0.4) is 0 Å². The predicted molar refractivity (Wildman–Crippen MR) is 64.9 cm³/mol. The number of oxazole rings is 1. The molecule has 4 nitrogen and oxygen atoms in total. The van der Waals surface area contributed by atoms with E-state index >= 15 is 0 Å². The Labute approximate surface area is 102 Å². The van der Waals surface area contributed by atoms with E-state index in [0.29, 0.717) is 12.5 Å². The van der Waals surface area contributed by atoms with Gasteiger partial charge >= 0.3 is 0 Å². The smallest absolute Gasteiger partial charge is 0.195 e. The third-order valence-corrected chi connectivity index (χ3v) is 3.46. The molecule has 0 N–H and O–H groups in total. The monoisotopic (exact) mass is 236 g/mol. The largest absolute Gasteiger partial charge is 0.449 e. The summed E-state index contributed by atoms with van der Waals surface area (Å²) in [5, 5.41) is 0. The first kappa shape index (κ1) is 12.3. The van der Waals surface area contributed by atoms with E-state index in [-0.39, 0.29) is 0 Å². The molecule has 94 valence electrons. The fourth-order valence-electron chi connectivity index (χ4n) is 2.53. The van der Waals surface area contributed by atoms with Gasteiger partial charge < -0.3 is 14.1 Å². The number of likely N-dealkylation sites (N-methyl/N-ethyl adjacent to an activating group) is 1. The molecule has 1 fully saturated rings. The summed E-state index contributed by atoms with van der Waals surface area (Å²) in [7, 11) is 0. The normalized spacial score (nSPS) is 21.6. The molecule has 1 aliphatic rings. The van der Waals surface area contributed by atoms with Gasteiger partial charge in [0, 0.05) is 18.9 Å². The third kappa shape index (κ3) is 3.16. The maximum atomic E-state index is 10.4. The second-order valence-electron chi connectivity index (χ2n) is 4.59. The third-order valence-electron chi connectivity index (χ3n) is 3.46. The Hall–Kier alpha value is -1.16. The molecule has 0 amide bonds. The van der Waals surface area contributed by atoms with Gasteiger partial charge in [0.1, 0.15) is 12.5 Å². The molecule has 17 heavy (non-hydrogen) atoms. The lowest BCUT2D eigenvalue weighted by Crippen LogP contribution is -2.40. The number of likely N-dealkylation sites (tertiary alicyclic amines) is 1. The van der Waals surface area contributed by atoms with E-state index in [1.54, 1.807) is 6.26 Å². The molecule has 1 saturated heterocycles. The molecule has 1 unspecified atom stereocenters. The minimum absolute atomic E-state index is 0.353. The highest BCUT2D eigenvalue weighted by Gasteiger charge is 2.22. The predicted octanol–water partition coefficient (Wildman–Crippen LogP) is 1.83. The molecule has 2 heterocycles. The highest BCUT2D eigenvalue weighted by molar-refractivity contribution is 5.53. The zero-order valence-corrected chi connectivity index (χ0v) is 10.4. The van der Waals surface area contributed by atoms with Crippen LogP contribution in [0.2, 0.25) is 0 Å². The topological polar surface area (TPSA) is 46.3 Å². The van der Waals surface area contributed by atoms with Gasteiger partial charge in [-0.3, -0.25) is 0 Å². The fourth-order valence-corrected chi connectivity index (χ4v) is 2.53. The Bertz CT molecular complexity index is 362. The first-order valence-corrected chi connectivity index (χ1v) is 6.44. The van der Waals surface area contributed by atoms with Crippen molar-refractivity contribution in [1.82, 2.24) is 9.88 Å². The first-order valence-electron chi connectivity index (χ1n) is 6.44. The molecular formula is C13H20N2O2. The molecular weight excluding hydrogens is 216 g/mol. The maximum Gasteiger partial charge on any atom is 0.195 e. The van der Waals surface area contributed by atoms with E-state index in [1.165, 1.54) is 25.8 Å². The number of nitrogens with zero attached hydrogens (tertiary/aromatic N) is 2. The van der Waals surface area contributed by atoms with Crippen LogP contribution in [-0.2, 0) is 17.6 Å². The van der Waals surface area contributed by atoms with Crippen LogP contribution in [0.25, 0.3) is 0 Å². The van der Waals surface area contributed by atoms with Crippen LogP contribution < -0.4 is 0 Å². The molecule has 0 bridgehead atoms. The Morgan fingerprint density at radius 2 is 2.47 bits per heavy atom. The molecule has 1 aliphatic heterocycles. The second kappa shape index (κ2) is 5.96. The van der Waals surface area contributed by atoms with E-state index in [4.69, 9.17) is 4.42 Å². The van der Waals surface area contributed by atoms with Gasteiger partial charge in [-0.1, -0.05) is 13.3 Å². The number of piperidine rings is 1. The van der Waals surface area contributed by atoms with Crippen molar-refractivity contribution in [2.45, 2.75) is 45.1 Å². The summed E-state index contributed by atoms with van der Waals surface area (Å²) in [5.41, 5.74) is 0.744. The molecule has 0 aromatic carbocycles. The SMILES string of the molecule is CCN1CCCCC1Cc1nc(CC=O)co1. The van der Waals surface area contributed by atoms with Crippen molar-refractivity contribution in [2.24, 2.45) is 0 Å². The number of aldehydes is 1. The van der Waals surface area contributed by atoms with Gasteiger partial charge in [-0.05, 0) is 25.9 Å². The molecule has 1 atom stereocenters. The maximum absolute atomic E-state index is 10.4. The van der Waals surface area contributed by atoms with Gasteiger partial charge in [0.2, 0.25) is 0 Å². The summed E-state index contributed by atoms with van der Waals surface area (Å²) in [6.45, 7) is 4.47. The first-order chi connectivity index (χ1) is 8.33. The molecule has 0 aliphatic carbocycles. The van der Waals surface area contributed by atoms with Crippen LogP contribution >= 0.6 is 0 Å². The average molecular weight is 236 g/mol. The molecule has 0 saturated carbocycles. The average Bonchev–Trinajstić information content (AvgIpc) is 2.78. The number of hydrogen-bond donors (Lipinski definition) is 0. The number of aromatic nitrogens is 1. The van der Waals surface area contributed by atoms with Crippen LogP contribution in [0.5, 0.6) is 0 Å². The minimum Gasteiger partial charge on any atom is -0.449 e. The second-order valence-corrected chi connectivity index (χ2v) is 4.59. The zero-order chi connectivity index (χ0) is 12.1. The van der Waals surface area contributed by atoms with E-state index in [0.717, 1.165) is 30.8 Å². The van der Waals surface area contributed by atoms with Crippen LogP contribution in [0, 0.1) is 0 Å². The Morgan fingerprint density at radius 3 is 3.24 bits per heavy atom. The lowest BCUT2D eigenvalue weighted by atomic mass is 9.99. The van der Waals surface area contributed by atoms with Crippen molar-refractivity contribution in [3.8, 4) is 0 Å². The summed E-state index contributed by atoms with van der Waals surface area (Å²) < 4.78 is 5.42. The zero-order valence-electron chi connectivity index (χ0n) is 10.4. The number of carbonyl (C=O) groups excluding carboxylic acids is 1. The van der Waals surface area contributed by atoms with Gasteiger partial charge in [0.05, 0.1) is 5.69 Å². The molecule has 1 aromatic heterocycles. The Kier molecular flexibility index (Phi) is 4.31. The molecule has 0 spiro atoms. The lowest BCUT2D eigenvalue weighted by molar-refractivity contribution is -0.107. The van der Waals surface area contributed by atoms with E-state index in [2.05, 4.69) is 16.8 Å². The molecule has 2 rings (SSSR count). The van der Waals surface area contributed by atoms with E-state index < -0.39 is 0 Å². The highest BCUT2D eigenvalue weighted by atomic mass is 16.3. The van der Waals surface area contributed by atoms with Gasteiger partial charge in [0.15, 0.2) is 5.89 Å². The molecule has 4 heteroatoms. The van der Waals surface area contributed by atoms with Gasteiger partial charge in [-0.25, -0.2) is 4.98 Å². The van der Waals surface area contributed by atoms with Crippen LogP contribution in [0.15, 0.2) is 10.7 Å². The number of carbonyl (C=O) groups is 1. The summed E-state index contributed by atoms with van der Waals surface area (Å²) in [5.74, 6) is 0.771. The van der Waals surface area contributed by atoms with E-state index in [1.807, 2.05) is 0 Å². The van der Waals surface area contributed by atoms with Gasteiger partial charge in [-0.2, -0.15) is 0 Å². The van der Waals surface area contributed by atoms with Crippen molar-refractivity contribution in [3.63, 3.8) is 0 Å². The van der Waals surface area contributed by atoms with Crippen molar-refractivity contribution in [3.05, 3.63) is 17.8 Å². The van der Waals surface area contributed by atoms with Crippen molar-refractivity contribution >= 4 is 6.29 Å². The van der Waals surface area contributed by atoms with Crippen LogP contribution in [0.4, 0.5) is 0 Å². The van der Waals surface area contributed by atoms with Gasteiger partial charge in [-0.15, -0.1) is 0 Å². The van der Waals surface area contributed by atoms with Crippen molar-refractivity contribution in [2.75, 3.05) is 13.1 Å². The van der Waals surface area contributed by atoms with E-state index in [9.17, 15) is 4.79 Å². The fraction of sp³-hybridized carbons (Fsp3) is 0.692. The summed E-state index contributed by atoms with van der Waals surface area (Å²) in [6.07, 6.45) is 7.50. The summed E-state index contributed by atoms with van der Waals surface area (Å²) in [6, 6.07) is 0.552. The molecule has 0 radical (unpaired) electrons. The quantitative estimate of drug-likeness (QED) is 0.732. The number of rotatable bonds is 5. The summed E-state index contributed by atoms with van der Waals surface area (Å²) in [4.78, 5) is 17.2. The highest BCUT2D eigenvalue weighted by Crippen LogP contribution is 2.20. The van der Waals surface area contributed by atoms with Crippen molar-refractivity contribution in [1.29, 1.82) is 0 Å². The number of hydrogen-bond acceptors (Lipinski definition) is 4. The molecule has 1 aromatic rings. The van der Waals surface area contributed by atoms with Gasteiger partial charge in [0.25, 0.3) is 0 Å².